The van der Waals surface area contributed by atoms with E-state index in [4.69, 9.17) is 16.9 Å². The number of carbonyl (C=O) groups excluding carboxylic acids is 3. The fourth-order valence-electron chi connectivity index (χ4n) is 4.31. The van der Waals surface area contributed by atoms with Crippen LogP contribution in [-0.4, -0.2) is 42.3 Å². The molecule has 194 valence electrons. The predicted octanol–water partition coefficient (Wildman–Crippen LogP) is 5.02. The molecule has 3 amide bonds. The monoisotopic (exact) mass is 521 g/mol. The molecule has 2 aromatic carbocycles. The second-order valence-electron chi connectivity index (χ2n) is 9.21. The standard InChI is InChI=1S/C28H32ClN5O3/c1-6-33-18(5)34(7-2)28(37)23-12-19(9-11-25(23)33)27(36)31-16-21(17(3)4)13-26(35)32-22-10-8-20(15-30)24(29)14-22/h8-12,14,17,21H,5-7,13,16H2,1-4H3,(H,31,36)(H,32,35). The van der Waals surface area contributed by atoms with Crippen LogP contribution in [0.5, 0.6) is 0 Å². The molecule has 1 unspecified atom stereocenters. The maximum Gasteiger partial charge on any atom is 0.261 e. The number of hydrogen-bond donors (Lipinski definition) is 2. The van der Waals surface area contributed by atoms with Gasteiger partial charge in [0.05, 0.1) is 21.8 Å². The lowest BCUT2D eigenvalue weighted by Gasteiger charge is -2.38. The van der Waals surface area contributed by atoms with Crippen LogP contribution in [0.3, 0.4) is 0 Å². The molecule has 2 aromatic rings. The van der Waals surface area contributed by atoms with Crippen LogP contribution < -0.4 is 15.5 Å². The molecule has 1 aliphatic rings. The highest BCUT2D eigenvalue weighted by Crippen LogP contribution is 2.33. The van der Waals surface area contributed by atoms with Crippen molar-refractivity contribution in [1.82, 2.24) is 10.2 Å². The number of nitrogens with zero attached hydrogens (tertiary/aromatic N) is 3. The van der Waals surface area contributed by atoms with Crippen LogP contribution in [0.25, 0.3) is 0 Å². The molecule has 0 fully saturated rings. The van der Waals surface area contributed by atoms with Gasteiger partial charge in [0, 0.05) is 37.3 Å². The normalized spacial score (nSPS) is 13.8. The largest absolute Gasteiger partial charge is 0.352 e. The number of carbonyl (C=O) groups is 3. The average molecular weight is 522 g/mol. The Labute approximate surface area is 222 Å². The van der Waals surface area contributed by atoms with Crippen molar-refractivity contribution < 1.29 is 14.4 Å². The van der Waals surface area contributed by atoms with E-state index in [-0.39, 0.29) is 41.0 Å². The second-order valence-corrected chi connectivity index (χ2v) is 9.62. The van der Waals surface area contributed by atoms with Gasteiger partial charge >= 0.3 is 0 Å². The van der Waals surface area contributed by atoms with Gasteiger partial charge < -0.3 is 15.5 Å². The van der Waals surface area contributed by atoms with Crippen molar-refractivity contribution in [3.05, 3.63) is 70.5 Å². The summed E-state index contributed by atoms with van der Waals surface area (Å²) in [6.45, 7) is 13.3. The molecule has 1 aliphatic heterocycles. The summed E-state index contributed by atoms with van der Waals surface area (Å²) < 4.78 is 0. The molecule has 0 aliphatic carbocycles. The SMILES string of the molecule is C=C1N(CC)C(=O)c2cc(C(=O)NCC(CC(=O)Nc3ccc(C#N)c(Cl)c3)C(C)C)ccc2N1CC. The molecule has 0 bridgehead atoms. The number of nitriles is 1. The predicted molar refractivity (Wildman–Crippen MR) is 145 cm³/mol. The van der Waals surface area contributed by atoms with E-state index in [1.165, 1.54) is 6.07 Å². The van der Waals surface area contributed by atoms with Gasteiger partial charge in [-0.15, -0.1) is 0 Å². The van der Waals surface area contributed by atoms with Crippen LogP contribution in [0.4, 0.5) is 11.4 Å². The number of hydrogen-bond acceptors (Lipinski definition) is 5. The third kappa shape index (κ3) is 6.12. The fourth-order valence-corrected chi connectivity index (χ4v) is 4.54. The molecule has 0 radical (unpaired) electrons. The maximum atomic E-state index is 13.0. The summed E-state index contributed by atoms with van der Waals surface area (Å²) in [6, 6.07) is 11.8. The minimum absolute atomic E-state index is 0.119. The van der Waals surface area contributed by atoms with Crippen molar-refractivity contribution >= 4 is 40.7 Å². The summed E-state index contributed by atoms with van der Waals surface area (Å²) in [5.41, 5.74) is 2.42. The lowest BCUT2D eigenvalue weighted by molar-refractivity contribution is -0.117. The molecule has 0 saturated heterocycles. The Hall–Kier alpha value is -3.83. The molecule has 0 aromatic heterocycles. The van der Waals surface area contributed by atoms with E-state index in [0.717, 1.165) is 5.69 Å². The molecule has 0 saturated carbocycles. The Balaban J connectivity index is 1.68. The zero-order valence-electron chi connectivity index (χ0n) is 21.6. The van der Waals surface area contributed by atoms with Gasteiger partial charge in [-0.2, -0.15) is 5.26 Å². The highest BCUT2D eigenvalue weighted by atomic mass is 35.5. The van der Waals surface area contributed by atoms with Crippen molar-refractivity contribution in [1.29, 1.82) is 5.26 Å². The van der Waals surface area contributed by atoms with Gasteiger partial charge in [0.1, 0.15) is 11.9 Å². The van der Waals surface area contributed by atoms with E-state index < -0.39 is 0 Å². The number of anilines is 2. The van der Waals surface area contributed by atoms with Crippen LogP contribution in [0.1, 0.15) is 60.4 Å². The maximum absolute atomic E-state index is 13.0. The molecule has 8 nitrogen and oxygen atoms in total. The van der Waals surface area contributed by atoms with Crippen LogP contribution in [0.2, 0.25) is 5.02 Å². The van der Waals surface area contributed by atoms with E-state index in [2.05, 4.69) is 17.2 Å². The number of fused-ring (bicyclic) bond motifs is 1. The molecule has 3 rings (SSSR count). The summed E-state index contributed by atoms with van der Waals surface area (Å²) in [6.07, 6.45) is 0.192. The molecule has 2 N–H and O–H groups in total. The lowest BCUT2D eigenvalue weighted by Crippen LogP contribution is -2.44. The molecule has 1 atom stereocenters. The molecule has 37 heavy (non-hydrogen) atoms. The minimum Gasteiger partial charge on any atom is -0.352 e. The number of nitrogens with one attached hydrogen (secondary N) is 2. The Morgan fingerprint density at radius 3 is 2.41 bits per heavy atom. The van der Waals surface area contributed by atoms with E-state index in [1.807, 2.05) is 38.7 Å². The van der Waals surface area contributed by atoms with Gasteiger partial charge in [0.15, 0.2) is 0 Å². The van der Waals surface area contributed by atoms with Crippen molar-refractivity contribution in [2.24, 2.45) is 11.8 Å². The number of amides is 3. The summed E-state index contributed by atoms with van der Waals surface area (Å²) in [5.74, 6) is -0.0688. The van der Waals surface area contributed by atoms with Gasteiger partial charge in [0.2, 0.25) is 5.91 Å². The zero-order valence-corrected chi connectivity index (χ0v) is 22.4. The Kier molecular flexibility index (Phi) is 8.95. The summed E-state index contributed by atoms with van der Waals surface area (Å²) in [4.78, 5) is 42.2. The van der Waals surface area contributed by atoms with Crippen molar-refractivity contribution in [2.45, 2.75) is 34.1 Å². The third-order valence-corrected chi connectivity index (χ3v) is 6.88. The fraction of sp³-hybridized carbons (Fsp3) is 0.357. The van der Waals surface area contributed by atoms with Crippen LogP contribution >= 0.6 is 11.6 Å². The van der Waals surface area contributed by atoms with Gasteiger partial charge in [-0.25, -0.2) is 0 Å². The number of rotatable bonds is 9. The Bertz CT molecular complexity index is 1270. The minimum atomic E-state index is -0.309. The highest BCUT2D eigenvalue weighted by Gasteiger charge is 2.31. The first-order valence-corrected chi connectivity index (χ1v) is 12.7. The van der Waals surface area contributed by atoms with E-state index >= 15 is 0 Å². The van der Waals surface area contributed by atoms with Crippen molar-refractivity contribution in [3.8, 4) is 6.07 Å². The van der Waals surface area contributed by atoms with Crippen LogP contribution in [0.15, 0.2) is 48.8 Å². The van der Waals surface area contributed by atoms with E-state index in [9.17, 15) is 14.4 Å². The Morgan fingerprint density at radius 1 is 1.11 bits per heavy atom. The van der Waals surface area contributed by atoms with Gasteiger partial charge in [0.25, 0.3) is 11.8 Å². The third-order valence-electron chi connectivity index (χ3n) is 6.57. The van der Waals surface area contributed by atoms with Gasteiger partial charge in [-0.05, 0) is 62.1 Å². The quantitative estimate of drug-likeness (QED) is 0.482. The lowest BCUT2D eigenvalue weighted by atomic mass is 9.92. The number of benzene rings is 2. The van der Waals surface area contributed by atoms with Gasteiger partial charge in [-0.1, -0.05) is 32.0 Å². The van der Waals surface area contributed by atoms with Gasteiger partial charge in [-0.3, -0.25) is 19.3 Å². The second kappa shape index (κ2) is 11.9. The van der Waals surface area contributed by atoms with Crippen molar-refractivity contribution in [3.63, 3.8) is 0 Å². The Morgan fingerprint density at radius 2 is 1.81 bits per heavy atom. The summed E-state index contributed by atoms with van der Waals surface area (Å²) in [5, 5.41) is 15.0. The summed E-state index contributed by atoms with van der Waals surface area (Å²) >= 11 is 6.05. The molecule has 1 heterocycles. The first-order valence-electron chi connectivity index (χ1n) is 12.3. The van der Waals surface area contributed by atoms with Crippen molar-refractivity contribution in [2.75, 3.05) is 29.9 Å². The topological polar surface area (TPSA) is 106 Å². The first kappa shape index (κ1) is 27.8. The highest BCUT2D eigenvalue weighted by molar-refractivity contribution is 6.32. The molecular weight excluding hydrogens is 490 g/mol. The molecule has 9 heteroatoms. The van der Waals surface area contributed by atoms with E-state index in [1.54, 1.807) is 35.2 Å². The van der Waals surface area contributed by atoms with Crippen LogP contribution in [0, 0.1) is 23.2 Å². The first-order chi connectivity index (χ1) is 17.6. The molecular formula is C28H32ClN5O3. The summed E-state index contributed by atoms with van der Waals surface area (Å²) in [7, 11) is 0. The smallest absolute Gasteiger partial charge is 0.261 e. The average Bonchev–Trinajstić information content (AvgIpc) is 2.86. The molecule has 0 spiro atoms. The van der Waals surface area contributed by atoms with Crippen LogP contribution in [-0.2, 0) is 4.79 Å². The number of halogens is 1. The van der Waals surface area contributed by atoms with E-state index in [0.29, 0.717) is 47.8 Å². The zero-order chi connectivity index (χ0) is 27.3.